The summed E-state index contributed by atoms with van der Waals surface area (Å²) in [6.07, 6.45) is 0.711. The van der Waals surface area contributed by atoms with Crippen LogP contribution in [0.4, 0.5) is 0 Å². The van der Waals surface area contributed by atoms with Gasteiger partial charge in [0.25, 0.3) is 0 Å². The number of hydrogen-bond acceptors (Lipinski definition) is 6. The standard InChI is InChI=1S/C17H22O2P.ClHO4/c1-18-17(19-2)14-20(3,15-10-6-4-7-11-15)16-12-8-5-9-13-16;2-1(3,4)5/h4-13,17H,14H2,1-3H3;(H,2,3,4,5)/q+1;/p-1. The maximum absolute atomic E-state index is 8.49. The lowest BCUT2D eigenvalue weighted by molar-refractivity contribution is -2.00. The maximum atomic E-state index is 8.49. The maximum Gasteiger partial charge on any atom is 0.191 e. The molecule has 0 N–H and O–H groups in total. The zero-order chi connectivity index (χ0) is 18.9. The van der Waals surface area contributed by atoms with Gasteiger partial charge in [-0.25, -0.2) is 18.6 Å². The Morgan fingerprint density at radius 2 is 1.12 bits per heavy atom. The van der Waals surface area contributed by atoms with Crippen LogP contribution in [0.1, 0.15) is 0 Å². The van der Waals surface area contributed by atoms with Crippen molar-refractivity contribution >= 4 is 17.9 Å². The monoisotopic (exact) mass is 388 g/mol. The third-order valence-corrected chi connectivity index (χ3v) is 7.60. The molecule has 2 rings (SSSR count). The van der Waals surface area contributed by atoms with E-state index in [1.165, 1.54) is 10.6 Å². The van der Waals surface area contributed by atoms with Crippen LogP contribution >= 0.6 is 7.26 Å². The number of methoxy groups -OCH3 is 2. The normalized spacial score (nSPS) is 11.8. The number of rotatable bonds is 6. The summed E-state index contributed by atoms with van der Waals surface area (Å²) in [5.74, 6) is 0. The van der Waals surface area contributed by atoms with Crippen molar-refractivity contribution in [2.24, 2.45) is 0 Å². The van der Waals surface area contributed by atoms with Crippen LogP contribution in [0.15, 0.2) is 60.7 Å². The average Bonchev–Trinajstić information content (AvgIpc) is 2.59. The minimum atomic E-state index is -4.94. The predicted octanol–water partition coefficient (Wildman–Crippen LogP) is -1.85. The van der Waals surface area contributed by atoms with Crippen molar-refractivity contribution < 1.29 is 38.4 Å². The Kier molecular flexibility index (Phi) is 8.93. The Labute approximate surface area is 150 Å². The summed E-state index contributed by atoms with van der Waals surface area (Å²) in [5, 5.41) is 2.76. The SMILES string of the molecule is COC(C[P+](C)(c1ccccc1)c1ccccc1)OC.[O-][Cl+3]([O-])([O-])[O-]. The van der Waals surface area contributed by atoms with Gasteiger partial charge in [0, 0.05) is 14.2 Å². The molecule has 8 heteroatoms. The molecule has 0 amide bonds. The second-order valence-electron chi connectivity index (χ2n) is 5.32. The van der Waals surface area contributed by atoms with Crippen molar-refractivity contribution in [3.8, 4) is 0 Å². The molecule has 0 saturated carbocycles. The lowest BCUT2D eigenvalue weighted by atomic mass is 10.4. The Bertz CT molecular complexity index is 556. The fraction of sp³-hybridized carbons (Fsp3) is 0.294. The van der Waals surface area contributed by atoms with Crippen LogP contribution in [0.2, 0.25) is 0 Å². The van der Waals surface area contributed by atoms with Gasteiger partial charge in [0.1, 0.15) is 6.16 Å². The summed E-state index contributed by atoms with van der Waals surface area (Å²) in [6.45, 7) is 2.35. The van der Waals surface area contributed by atoms with Crippen molar-refractivity contribution in [2.75, 3.05) is 27.0 Å². The van der Waals surface area contributed by atoms with Crippen molar-refractivity contribution in [3.05, 3.63) is 60.7 Å². The predicted molar refractivity (Wildman–Crippen MR) is 87.7 cm³/mol. The molecule has 0 aromatic heterocycles. The second-order valence-corrected chi connectivity index (χ2v) is 9.86. The largest absolute Gasteiger partial charge is 0.352 e. The highest BCUT2D eigenvalue weighted by Gasteiger charge is 2.40. The molecule has 0 aliphatic carbocycles. The van der Waals surface area contributed by atoms with Crippen LogP contribution in [-0.2, 0) is 9.47 Å². The van der Waals surface area contributed by atoms with Crippen LogP contribution in [0.3, 0.4) is 0 Å². The Morgan fingerprint density at radius 1 is 0.800 bits per heavy atom. The van der Waals surface area contributed by atoms with Crippen LogP contribution in [0.5, 0.6) is 0 Å². The fourth-order valence-electron chi connectivity index (χ4n) is 2.42. The molecule has 0 radical (unpaired) electrons. The van der Waals surface area contributed by atoms with E-state index in [0.29, 0.717) is 0 Å². The van der Waals surface area contributed by atoms with Gasteiger partial charge in [-0.1, -0.05) is 36.4 Å². The van der Waals surface area contributed by atoms with E-state index in [0.717, 1.165) is 6.16 Å². The topological polar surface area (TPSA) is 111 Å². The van der Waals surface area contributed by atoms with E-state index in [-0.39, 0.29) is 6.29 Å². The molecule has 0 bridgehead atoms. The Hall–Kier alpha value is -1.08. The quantitative estimate of drug-likeness (QED) is 0.424. The molecule has 0 aliphatic heterocycles. The lowest BCUT2D eigenvalue weighted by Gasteiger charge is -2.26. The molecule has 0 spiro atoms. The first kappa shape index (κ1) is 22.0. The number of benzene rings is 2. The molecule has 2 aromatic carbocycles. The minimum Gasteiger partial charge on any atom is -0.352 e. The van der Waals surface area contributed by atoms with E-state index in [1.54, 1.807) is 14.2 Å². The smallest absolute Gasteiger partial charge is 0.191 e. The molecular weight excluding hydrogens is 367 g/mol. The van der Waals surface area contributed by atoms with E-state index < -0.39 is 17.5 Å². The van der Waals surface area contributed by atoms with Gasteiger partial charge in [0.15, 0.2) is 6.29 Å². The van der Waals surface area contributed by atoms with E-state index in [4.69, 9.17) is 28.1 Å². The molecule has 0 atom stereocenters. The van der Waals surface area contributed by atoms with Gasteiger partial charge in [0.05, 0.1) is 24.5 Å². The Balaban J connectivity index is 0.000000550. The lowest BCUT2D eigenvalue weighted by Crippen LogP contribution is -2.68. The summed E-state index contributed by atoms with van der Waals surface area (Å²) < 4.78 is 44.9. The van der Waals surface area contributed by atoms with E-state index in [1.807, 2.05) is 0 Å². The van der Waals surface area contributed by atoms with Crippen LogP contribution in [-0.4, -0.2) is 33.3 Å². The number of ether oxygens (including phenoxy) is 2. The van der Waals surface area contributed by atoms with Crippen LogP contribution in [0, 0.1) is 10.2 Å². The first-order valence-electron chi connectivity index (χ1n) is 7.35. The van der Waals surface area contributed by atoms with E-state index in [2.05, 4.69) is 67.3 Å². The highest BCUT2D eigenvalue weighted by atomic mass is 35.7. The molecule has 6 nitrogen and oxygen atoms in total. The van der Waals surface area contributed by atoms with Crippen LogP contribution < -0.4 is 29.2 Å². The van der Waals surface area contributed by atoms with Crippen molar-refractivity contribution in [1.82, 2.24) is 0 Å². The molecule has 0 fully saturated rings. The zero-order valence-electron chi connectivity index (χ0n) is 14.3. The fourth-order valence-corrected chi connectivity index (χ4v) is 5.69. The van der Waals surface area contributed by atoms with Crippen LogP contribution in [0.25, 0.3) is 0 Å². The first-order chi connectivity index (χ1) is 11.7. The summed E-state index contributed by atoms with van der Waals surface area (Å²) in [5.41, 5.74) is 0. The van der Waals surface area contributed by atoms with Gasteiger partial charge >= 0.3 is 0 Å². The third-order valence-electron chi connectivity index (χ3n) is 3.69. The van der Waals surface area contributed by atoms with Gasteiger partial charge in [0.2, 0.25) is 0 Å². The van der Waals surface area contributed by atoms with Crippen molar-refractivity contribution in [2.45, 2.75) is 6.29 Å². The summed E-state index contributed by atoms with van der Waals surface area (Å²) in [4.78, 5) is 0. The van der Waals surface area contributed by atoms with E-state index in [9.17, 15) is 0 Å². The molecule has 0 heterocycles. The first-order valence-corrected chi connectivity index (χ1v) is 11.0. The average molecular weight is 389 g/mol. The molecule has 0 unspecified atom stereocenters. The molecule has 138 valence electrons. The highest BCUT2D eigenvalue weighted by molar-refractivity contribution is 7.88. The molecular formula is C17H22ClO6P. The van der Waals surface area contributed by atoms with E-state index >= 15 is 0 Å². The summed E-state index contributed by atoms with van der Waals surface area (Å²) in [7, 11) is -3.05. The molecule has 2 aromatic rings. The molecule has 0 saturated heterocycles. The van der Waals surface area contributed by atoms with Gasteiger partial charge in [-0.15, -0.1) is 10.2 Å². The summed E-state index contributed by atoms with van der Waals surface area (Å²) >= 11 is 0. The van der Waals surface area contributed by atoms with Gasteiger partial charge in [-0.2, -0.15) is 0 Å². The third kappa shape index (κ3) is 7.77. The van der Waals surface area contributed by atoms with Gasteiger partial charge < -0.3 is 9.47 Å². The number of hydrogen-bond donors (Lipinski definition) is 0. The van der Waals surface area contributed by atoms with Gasteiger partial charge in [-0.3, -0.25) is 0 Å². The van der Waals surface area contributed by atoms with Crippen molar-refractivity contribution in [1.29, 1.82) is 0 Å². The second kappa shape index (κ2) is 10.2. The number of halogens is 1. The highest BCUT2D eigenvalue weighted by Crippen LogP contribution is 2.53. The van der Waals surface area contributed by atoms with Gasteiger partial charge in [-0.05, 0) is 24.3 Å². The molecule has 25 heavy (non-hydrogen) atoms. The zero-order valence-corrected chi connectivity index (χ0v) is 16.0. The minimum absolute atomic E-state index is 0.172. The Morgan fingerprint density at radius 3 is 1.40 bits per heavy atom. The van der Waals surface area contributed by atoms with Crippen molar-refractivity contribution in [3.63, 3.8) is 0 Å². The molecule has 0 aliphatic rings. The summed E-state index contributed by atoms with van der Waals surface area (Å²) in [6, 6.07) is 21.4.